The van der Waals surface area contributed by atoms with E-state index in [2.05, 4.69) is 32.9 Å². The second-order valence-electron chi connectivity index (χ2n) is 8.24. The molecule has 0 aromatic heterocycles. The van der Waals surface area contributed by atoms with Gasteiger partial charge < -0.3 is 9.84 Å². The van der Waals surface area contributed by atoms with Crippen LogP contribution in [0.3, 0.4) is 0 Å². The lowest BCUT2D eigenvalue weighted by molar-refractivity contribution is -0.115. The SMILES string of the molecule is CC1COC2=C1C(=O)C(O)=C1C2=CC=C2C(C)(C)CCCC21C. The van der Waals surface area contributed by atoms with Crippen molar-refractivity contribution in [1.29, 1.82) is 0 Å². The maximum absolute atomic E-state index is 12.8. The molecule has 3 aliphatic carbocycles. The van der Waals surface area contributed by atoms with E-state index in [1.54, 1.807) is 0 Å². The molecule has 0 saturated heterocycles. The molecule has 0 amide bonds. The minimum Gasteiger partial charge on any atom is -0.504 e. The number of aliphatic hydroxyl groups excluding tert-OH is 1. The van der Waals surface area contributed by atoms with Crippen LogP contribution in [0.1, 0.15) is 47.0 Å². The van der Waals surface area contributed by atoms with Crippen LogP contribution >= 0.6 is 0 Å². The molecule has 1 fully saturated rings. The molecule has 1 N–H and O–H groups in total. The number of carbonyl (C=O) groups is 1. The Morgan fingerprint density at radius 1 is 1.22 bits per heavy atom. The molecule has 0 radical (unpaired) electrons. The quantitative estimate of drug-likeness (QED) is 0.722. The number of ketones is 1. The van der Waals surface area contributed by atoms with E-state index in [-0.39, 0.29) is 28.3 Å². The standard InChI is InChI=1S/C20H24O3/c1-11-10-23-18-12-6-7-13-19(2,3)8-5-9-20(13,4)15(12)17(22)16(21)14(11)18/h6-7,11,22H,5,8-10H2,1-4H3. The molecule has 4 rings (SSSR count). The van der Waals surface area contributed by atoms with Gasteiger partial charge in [-0.3, -0.25) is 4.79 Å². The van der Waals surface area contributed by atoms with Gasteiger partial charge in [0.25, 0.3) is 0 Å². The molecule has 3 heteroatoms. The third-order valence-electron chi connectivity index (χ3n) is 6.20. The Bertz CT molecular complexity index is 745. The van der Waals surface area contributed by atoms with Crippen molar-refractivity contribution in [2.45, 2.75) is 47.0 Å². The van der Waals surface area contributed by atoms with E-state index in [4.69, 9.17) is 4.74 Å². The van der Waals surface area contributed by atoms with Crippen molar-refractivity contribution in [3.63, 3.8) is 0 Å². The van der Waals surface area contributed by atoms with Crippen LogP contribution in [0.15, 0.2) is 46.0 Å². The maximum Gasteiger partial charge on any atom is 0.227 e. The molecule has 4 aliphatic rings. The first-order chi connectivity index (χ1) is 10.8. The Kier molecular flexibility index (Phi) is 2.83. The monoisotopic (exact) mass is 312 g/mol. The summed E-state index contributed by atoms with van der Waals surface area (Å²) in [6, 6.07) is 0. The largest absolute Gasteiger partial charge is 0.504 e. The number of hydrogen-bond acceptors (Lipinski definition) is 3. The van der Waals surface area contributed by atoms with Crippen molar-refractivity contribution < 1.29 is 14.6 Å². The lowest BCUT2D eigenvalue weighted by atomic mass is 9.54. The van der Waals surface area contributed by atoms with Gasteiger partial charge in [0.2, 0.25) is 5.78 Å². The smallest absolute Gasteiger partial charge is 0.227 e. The molecular formula is C20H24O3. The van der Waals surface area contributed by atoms with Crippen molar-refractivity contribution >= 4 is 5.78 Å². The molecular weight excluding hydrogens is 288 g/mol. The fraction of sp³-hybridized carbons (Fsp3) is 0.550. The number of Topliss-reactive ketones (excluding diaryl/α,β-unsaturated/α-hetero) is 1. The van der Waals surface area contributed by atoms with Gasteiger partial charge in [0.1, 0.15) is 5.76 Å². The predicted molar refractivity (Wildman–Crippen MR) is 88.7 cm³/mol. The number of allylic oxidation sites excluding steroid dienone is 5. The minimum absolute atomic E-state index is 0.0445. The predicted octanol–water partition coefficient (Wildman–Crippen LogP) is 4.38. The van der Waals surface area contributed by atoms with Crippen LogP contribution in [-0.4, -0.2) is 17.5 Å². The normalized spacial score (nSPS) is 35.1. The lowest BCUT2D eigenvalue weighted by Crippen LogP contribution is -2.40. The molecule has 1 heterocycles. The van der Waals surface area contributed by atoms with E-state index in [0.29, 0.717) is 17.9 Å². The molecule has 23 heavy (non-hydrogen) atoms. The van der Waals surface area contributed by atoms with Crippen molar-refractivity contribution in [3.05, 3.63) is 46.0 Å². The summed E-state index contributed by atoms with van der Waals surface area (Å²) in [5.41, 5.74) is 3.49. The van der Waals surface area contributed by atoms with E-state index in [9.17, 15) is 9.90 Å². The van der Waals surface area contributed by atoms with Gasteiger partial charge in [-0.15, -0.1) is 0 Å². The summed E-state index contributed by atoms with van der Waals surface area (Å²) in [4.78, 5) is 12.8. The fourth-order valence-corrected chi connectivity index (χ4v) is 5.08. The van der Waals surface area contributed by atoms with E-state index < -0.39 is 0 Å². The van der Waals surface area contributed by atoms with Gasteiger partial charge in [0, 0.05) is 22.5 Å². The van der Waals surface area contributed by atoms with E-state index in [1.165, 1.54) is 5.57 Å². The molecule has 1 aliphatic heterocycles. The number of fused-ring (bicyclic) bond motifs is 4. The first-order valence-corrected chi connectivity index (χ1v) is 8.56. The Balaban J connectivity index is 1.97. The van der Waals surface area contributed by atoms with Crippen molar-refractivity contribution in [3.8, 4) is 0 Å². The number of rotatable bonds is 0. The summed E-state index contributed by atoms with van der Waals surface area (Å²) in [6.45, 7) is 9.20. The van der Waals surface area contributed by atoms with Gasteiger partial charge in [0.15, 0.2) is 5.76 Å². The Hall–Kier alpha value is -1.77. The zero-order chi connectivity index (χ0) is 16.6. The van der Waals surface area contributed by atoms with Gasteiger partial charge in [-0.2, -0.15) is 0 Å². The van der Waals surface area contributed by atoms with Crippen LogP contribution in [0.4, 0.5) is 0 Å². The van der Waals surface area contributed by atoms with Crippen LogP contribution in [0.25, 0.3) is 0 Å². The van der Waals surface area contributed by atoms with Crippen molar-refractivity contribution in [2.75, 3.05) is 6.61 Å². The molecule has 0 spiro atoms. The summed E-state index contributed by atoms with van der Waals surface area (Å²) < 4.78 is 5.85. The fourth-order valence-electron chi connectivity index (χ4n) is 5.08. The van der Waals surface area contributed by atoms with Crippen LogP contribution in [0.5, 0.6) is 0 Å². The highest BCUT2D eigenvalue weighted by molar-refractivity contribution is 6.11. The minimum atomic E-state index is -0.278. The molecule has 0 aromatic carbocycles. The molecule has 2 unspecified atom stereocenters. The van der Waals surface area contributed by atoms with Crippen LogP contribution < -0.4 is 0 Å². The number of carbonyl (C=O) groups excluding carboxylic acids is 1. The van der Waals surface area contributed by atoms with Gasteiger partial charge in [0.05, 0.1) is 12.2 Å². The van der Waals surface area contributed by atoms with Crippen LogP contribution in [-0.2, 0) is 9.53 Å². The molecule has 122 valence electrons. The van der Waals surface area contributed by atoms with E-state index >= 15 is 0 Å². The first kappa shape index (κ1) is 14.8. The molecule has 2 atom stereocenters. The molecule has 3 nitrogen and oxygen atoms in total. The Labute approximate surface area is 137 Å². The highest BCUT2D eigenvalue weighted by atomic mass is 16.5. The zero-order valence-corrected chi connectivity index (χ0v) is 14.3. The second kappa shape index (κ2) is 4.40. The van der Waals surface area contributed by atoms with Gasteiger partial charge in [-0.05, 0) is 18.3 Å². The third kappa shape index (κ3) is 1.74. The third-order valence-corrected chi connectivity index (χ3v) is 6.20. The highest BCUT2D eigenvalue weighted by Gasteiger charge is 2.51. The van der Waals surface area contributed by atoms with Gasteiger partial charge >= 0.3 is 0 Å². The maximum atomic E-state index is 12.8. The zero-order valence-electron chi connectivity index (χ0n) is 14.3. The van der Waals surface area contributed by atoms with Crippen molar-refractivity contribution in [1.82, 2.24) is 0 Å². The van der Waals surface area contributed by atoms with Gasteiger partial charge in [-0.25, -0.2) is 0 Å². The summed E-state index contributed by atoms with van der Waals surface area (Å²) in [7, 11) is 0. The number of ether oxygens (including phenoxy) is 1. The number of aliphatic hydroxyl groups is 1. The average molecular weight is 312 g/mol. The topological polar surface area (TPSA) is 46.5 Å². The Morgan fingerprint density at radius 2 is 1.96 bits per heavy atom. The van der Waals surface area contributed by atoms with E-state index in [1.807, 2.05) is 6.92 Å². The summed E-state index contributed by atoms with van der Waals surface area (Å²) in [5, 5.41) is 10.8. The van der Waals surface area contributed by atoms with E-state index in [0.717, 1.165) is 30.4 Å². The summed E-state index contributed by atoms with van der Waals surface area (Å²) in [6.07, 6.45) is 7.46. The molecule has 1 saturated carbocycles. The number of hydrogen-bond donors (Lipinski definition) is 1. The Morgan fingerprint density at radius 3 is 2.70 bits per heavy atom. The first-order valence-electron chi connectivity index (χ1n) is 8.56. The lowest BCUT2D eigenvalue weighted by Gasteiger charge is -2.50. The summed E-state index contributed by atoms with van der Waals surface area (Å²) >= 11 is 0. The summed E-state index contributed by atoms with van der Waals surface area (Å²) in [5.74, 6) is 0.458. The van der Waals surface area contributed by atoms with Crippen LogP contribution in [0.2, 0.25) is 0 Å². The van der Waals surface area contributed by atoms with Crippen molar-refractivity contribution in [2.24, 2.45) is 16.7 Å². The second-order valence-corrected chi connectivity index (χ2v) is 8.24. The molecule has 0 aromatic rings. The average Bonchev–Trinajstić information content (AvgIpc) is 2.85. The van der Waals surface area contributed by atoms with Crippen LogP contribution in [0, 0.1) is 16.7 Å². The highest BCUT2D eigenvalue weighted by Crippen LogP contribution is 2.60. The molecule has 0 bridgehead atoms. The van der Waals surface area contributed by atoms with Gasteiger partial charge in [-0.1, -0.05) is 51.8 Å².